The molecule has 0 aromatic heterocycles. The first kappa shape index (κ1) is 18.5. The zero-order valence-electron chi connectivity index (χ0n) is 16.6. The predicted molar refractivity (Wildman–Crippen MR) is 104 cm³/mol. The summed E-state index contributed by atoms with van der Waals surface area (Å²) >= 11 is 0. The number of rotatable bonds is 5. The quantitative estimate of drug-likeness (QED) is 0.640. The molecule has 4 heteroatoms. The number of allylic oxidation sites excluding steroid dienone is 1. The number of nitrogens with two attached hydrogens (primary N) is 1. The van der Waals surface area contributed by atoms with E-state index < -0.39 is 0 Å². The molecule has 0 amide bonds. The van der Waals surface area contributed by atoms with Crippen molar-refractivity contribution in [3.63, 3.8) is 0 Å². The molecule has 1 aromatic rings. The zero-order chi connectivity index (χ0) is 19.0. The number of fused-ring (bicyclic) bond motifs is 2. The molecular formula is C23H32NO3+. The van der Waals surface area contributed by atoms with Gasteiger partial charge in [0.2, 0.25) is 0 Å². The molecular weight excluding hydrogens is 338 g/mol. The van der Waals surface area contributed by atoms with E-state index in [0.717, 1.165) is 38.1 Å². The first-order chi connectivity index (χ1) is 13.0. The fraction of sp³-hybridized carbons (Fsp3) is 0.609. The van der Waals surface area contributed by atoms with Crippen molar-refractivity contribution in [2.45, 2.75) is 51.7 Å². The molecule has 0 radical (unpaired) electrons. The number of hydrogen-bond donors (Lipinski definition) is 1. The van der Waals surface area contributed by atoms with Gasteiger partial charge in [0.05, 0.1) is 13.7 Å². The van der Waals surface area contributed by atoms with Gasteiger partial charge in [-0.2, -0.15) is 0 Å². The fourth-order valence-electron chi connectivity index (χ4n) is 5.72. The molecule has 2 saturated carbocycles. The normalized spacial score (nSPS) is 35.3. The summed E-state index contributed by atoms with van der Waals surface area (Å²) in [6.07, 6.45) is 5.83. The van der Waals surface area contributed by atoms with Gasteiger partial charge in [0, 0.05) is 11.5 Å². The molecule has 146 valence electrons. The lowest BCUT2D eigenvalue weighted by Gasteiger charge is -2.49. The third-order valence-electron chi connectivity index (χ3n) is 7.28. The second-order valence-corrected chi connectivity index (χ2v) is 8.98. The van der Waals surface area contributed by atoms with Gasteiger partial charge in [0.15, 0.2) is 0 Å². The number of benzene rings is 1. The van der Waals surface area contributed by atoms with Gasteiger partial charge in [-0.25, -0.2) is 0 Å². The number of quaternary nitrogens is 1. The van der Waals surface area contributed by atoms with Gasteiger partial charge in [-0.1, -0.05) is 19.1 Å². The van der Waals surface area contributed by atoms with Crippen molar-refractivity contribution in [3.05, 3.63) is 42.0 Å². The molecule has 5 atom stereocenters. The van der Waals surface area contributed by atoms with Crippen LogP contribution in [0.5, 0.6) is 5.75 Å². The minimum absolute atomic E-state index is 0.0174. The summed E-state index contributed by atoms with van der Waals surface area (Å²) in [6, 6.07) is 8.14. The van der Waals surface area contributed by atoms with Crippen LogP contribution >= 0.6 is 0 Å². The van der Waals surface area contributed by atoms with Crippen molar-refractivity contribution >= 4 is 5.97 Å². The van der Waals surface area contributed by atoms with E-state index in [1.54, 1.807) is 7.11 Å². The Hall–Kier alpha value is -1.81. The zero-order valence-corrected chi connectivity index (χ0v) is 16.6. The molecule has 1 heterocycles. The van der Waals surface area contributed by atoms with Gasteiger partial charge in [-0.15, -0.1) is 0 Å². The first-order valence-electron chi connectivity index (χ1n) is 10.3. The topological polar surface area (TPSA) is 52.1 Å². The highest BCUT2D eigenvalue weighted by atomic mass is 16.6. The Morgan fingerprint density at radius 3 is 2.85 bits per heavy atom. The van der Waals surface area contributed by atoms with E-state index in [2.05, 4.69) is 31.0 Å². The molecule has 1 aliphatic heterocycles. The maximum Gasteiger partial charge on any atom is 0.315 e. The highest BCUT2D eigenvalue weighted by Crippen LogP contribution is 2.56. The SMILES string of the molecule is C=C1CCC[C@]2(C)C[C@H]3OC(=O)[C@@H](C[NH2+]Cc4ccc(OC)cc4)[C@H]3C[C@@H]12. The molecule has 1 aromatic carbocycles. The lowest BCUT2D eigenvalue weighted by molar-refractivity contribution is -0.675. The van der Waals surface area contributed by atoms with Crippen molar-refractivity contribution in [2.75, 3.05) is 13.7 Å². The number of esters is 1. The number of ether oxygens (including phenoxy) is 2. The van der Waals surface area contributed by atoms with Crippen LogP contribution in [0.15, 0.2) is 36.4 Å². The molecule has 0 spiro atoms. The minimum Gasteiger partial charge on any atom is -0.497 e. The Morgan fingerprint density at radius 2 is 2.11 bits per heavy atom. The Labute approximate surface area is 162 Å². The van der Waals surface area contributed by atoms with Gasteiger partial charge in [-0.3, -0.25) is 4.79 Å². The van der Waals surface area contributed by atoms with E-state index in [1.807, 2.05) is 12.1 Å². The second-order valence-electron chi connectivity index (χ2n) is 8.98. The lowest BCUT2D eigenvalue weighted by atomic mass is 9.55. The molecule has 4 rings (SSSR count). The Balaban J connectivity index is 1.38. The van der Waals surface area contributed by atoms with Crippen LogP contribution in [0.1, 0.15) is 44.6 Å². The van der Waals surface area contributed by atoms with Crippen LogP contribution in [-0.2, 0) is 16.1 Å². The molecule has 27 heavy (non-hydrogen) atoms. The van der Waals surface area contributed by atoms with Crippen LogP contribution < -0.4 is 10.1 Å². The highest BCUT2D eigenvalue weighted by molar-refractivity contribution is 5.75. The molecule has 1 saturated heterocycles. The minimum atomic E-state index is 0.0174. The molecule has 3 fully saturated rings. The maximum atomic E-state index is 12.6. The number of carbonyl (C=O) groups is 1. The molecule has 2 aliphatic carbocycles. The van der Waals surface area contributed by atoms with Crippen molar-refractivity contribution in [1.82, 2.24) is 0 Å². The summed E-state index contributed by atoms with van der Waals surface area (Å²) in [5, 5.41) is 2.25. The van der Waals surface area contributed by atoms with E-state index in [0.29, 0.717) is 11.8 Å². The summed E-state index contributed by atoms with van der Waals surface area (Å²) in [6.45, 7) is 8.44. The van der Waals surface area contributed by atoms with Gasteiger partial charge in [0.25, 0.3) is 0 Å². The summed E-state index contributed by atoms with van der Waals surface area (Å²) in [7, 11) is 1.68. The van der Waals surface area contributed by atoms with Crippen molar-refractivity contribution in [3.8, 4) is 5.75 Å². The molecule has 0 bridgehead atoms. The van der Waals surface area contributed by atoms with E-state index >= 15 is 0 Å². The van der Waals surface area contributed by atoms with Gasteiger partial charge in [-0.05, 0) is 67.7 Å². The fourth-order valence-corrected chi connectivity index (χ4v) is 5.72. The van der Waals surface area contributed by atoms with Crippen LogP contribution in [0, 0.1) is 23.2 Å². The average Bonchev–Trinajstić information content (AvgIpc) is 2.95. The predicted octanol–water partition coefficient (Wildman–Crippen LogP) is 3.07. The third kappa shape index (κ3) is 3.52. The van der Waals surface area contributed by atoms with Crippen LogP contribution in [-0.4, -0.2) is 25.7 Å². The van der Waals surface area contributed by atoms with Crippen molar-refractivity contribution in [2.24, 2.45) is 23.2 Å². The summed E-state index contributed by atoms with van der Waals surface area (Å²) in [5.74, 6) is 1.83. The lowest BCUT2D eigenvalue weighted by Crippen LogP contribution is -2.84. The summed E-state index contributed by atoms with van der Waals surface area (Å²) < 4.78 is 11.1. The smallest absolute Gasteiger partial charge is 0.315 e. The van der Waals surface area contributed by atoms with Gasteiger partial charge in [0.1, 0.15) is 24.3 Å². The summed E-state index contributed by atoms with van der Waals surface area (Å²) in [4.78, 5) is 12.6. The largest absolute Gasteiger partial charge is 0.497 e. The van der Waals surface area contributed by atoms with Crippen LogP contribution in [0.4, 0.5) is 0 Å². The number of carbonyl (C=O) groups excluding carboxylic acids is 1. The van der Waals surface area contributed by atoms with E-state index in [1.165, 1.54) is 24.0 Å². The van der Waals surface area contributed by atoms with E-state index in [-0.39, 0.29) is 23.4 Å². The average molecular weight is 371 g/mol. The van der Waals surface area contributed by atoms with E-state index in [4.69, 9.17) is 9.47 Å². The summed E-state index contributed by atoms with van der Waals surface area (Å²) in [5.41, 5.74) is 2.93. The van der Waals surface area contributed by atoms with Crippen LogP contribution in [0.25, 0.3) is 0 Å². The number of methoxy groups -OCH3 is 1. The molecule has 0 unspecified atom stereocenters. The standard InChI is InChI=1S/C23H31NO3/c1-15-5-4-10-23(2)12-21-18(11-20(15)23)19(22(25)27-21)14-24-13-16-6-8-17(26-3)9-7-16/h6-9,18-21,24H,1,4-5,10-14H2,2-3H3/p+1/t18-,19+,20+,21-,23-/m1/s1. The Kier molecular flexibility index (Phi) is 5.02. The Morgan fingerprint density at radius 1 is 1.33 bits per heavy atom. The van der Waals surface area contributed by atoms with Gasteiger partial charge >= 0.3 is 5.97 Å². The molecule has 2 N–H and O–H groups in total. The molecule has 3 aliphatic rings. The maximum absolute atomic E-state index is 12.6. The van der Waals surface area contributed by atoms with Crippen LogP contribution in [0.2, 0.25) is 0 Å². The van der Waals surface area contributed by atoms with E-state index in [9.17, 15) is 4.79 Å². The highest BCUT2D eigenvalue weighted by Gasteiger charge is 2.55. The van der Waals surface area contributed by atoms with Gasteiger partial charge < -0.3 is 14.8 Å². The van der Waals surface area contributed by atoms with Crippen LogP contribution in [0.3, 0.4) is 0 Å². The van der Waals surface area contributed by atoms with Crippen molar-refractivity contribution in [1.29, 1.82) is 0 Å². The first-order valence-corrected chi connectivity index (χ1v) is 10.3. The molecule has 4 nitrogen and oxygen atoms in total. The monoisotopic (exact) mass is 370 g/mol. The van der Waals surface area contributed by atoms with Crippen molar-refractivity contribution < 1.29 is 19.6 Å². The third-order valence-corrected chi connectivity index (χ3v) is 7.28. The second kappa shape index (κ2) is 7.31. The number of hydrogen-bond acceptors (Lipinski definition) is 3. The Bertz CT molecular complexity index is 713.